The average Bonchev–Trinajstić information content (AvgIpc) is 2.31. The van der Waals surface area contributed by atoms with E-state index in [4.69, 9.17) is 4.74 Å². The third-order valence-corrected chi connectivity index (χ3v) is 3.22. The molecule has 0 saturated heterocycles. The Labute approximate surface area is 102 Å². The van der Waals surface area contributed by atoms with Crippen LogP contribution in [0.5, 0.6) is 0 Å². The Balaban J connectivity index is 3.70. The molecule has 0 radical (unpaired) electrons. The SMILES string of the molecule is CCCCCCCC(NC)C(CC)OCC. The number of rotatable bonds is 11. The molecule has 0 spiro atoms. The Morgan fingerprint density at radius 1 is 1.00 bits per heavy atom. The van der Waals surface area contributed by atoms with Gasteiger partial charge in [0, 0.05) is 12.6 Å². The zero-order valence-corrected chi connectivity index (χ0v) is 11.7. The quantitative estimate of drug-likeness (QED) is 0.545. The molecule has 2 atom stereocenters. The van der Waals surface area contributed by atoms with Crippen LogP contribution < -0.4 is 5.32 Å². The van der Waals surface area contributed by atoms with Gasteiger partial charge in [0.25, 0.3) is 0 Å². The zero-order valence-electron chi connectivity index (χ0n) is 11.7. The third kappa shape index (κ3) is 7.24. The fourth-order valence-electron chi connectivity index (χ4n) is 2.22. The Hall–Kier alpha value is -0.0800. The molecule has 2 heteroatoms. The minimum absolute atomic E-state index is 0.390. The van der Waals surface area contributed by atoms with E-state index in [0.717, 1.165) is 13.0 Å². The van der Waals surface area contributed by atoms with Crippen LogP contribution in [0.25, 0.3) is 0 Å². The topological polar surface area (TPSA) is 21.3 Å². The normalized spacial score (nSPS) is 15.0. The Kier molecular flexibility index (Phi) is 11.3. The molecule has 0 rings (SSSR count). The first-order valence-electron chi connectivity index (χ1n) is 7.08. The van der Waals surface area contributed by atoms with Gasteiger partial charge in [-0.2, -0.15) is 0 Å². The maximum Gasteiger partial charge on any atom is 0.0725 e. The summed E-state index contributed by atoms with van der Waals surface area (Å²) in [6.45, 7) is 7.38. The lowest BCUT2D eigenvalue weighted by molar-refractivity contribution is 0.0310. The molecule has 0 aromatic carbocycles. The van der Waals surface area contributed by atoms with E-state index in [2.05, 4.69) is 33.1 Å². The van der Waals surface area contributed by atoms with E-state index in [9.17, 15) is 0 Å². The molecule has 98 valence electrons. The number of hydrogen-bond acceptors (Lipinski definition) is 2. The highest BCUT2D eigenvalue weighted by Gasteiger charge is 2.17. The molecule has 0 aromatic rings. The van der Waals surface area contributed by atoms with Gasteiger partial charge in [-0.3, -0.25) is 0 Å². The van der Waals surface area contributed by atoms with Crippen molar-refractivity contribution in [3.05, 3.63) is 0 Å². The van der Waals surface area contributed by atoms with Gasteiger partial charge in [-0.15, -0.1) is 0 Å². The fraction of sp³-hybridized carbons (Fsp3) is 1.00. The minimum atomic E-state index is 0.390. The lowest BCUT2D eigenvalue weighted by Gasteiger charge is -2.25. The predicted octanol–water partition coefficient (Wildman–Crippen LogP) is 3.75. The molecule has 0 aromatic heterocycles. The molecule has 16 heavy (non-hydrogen) atoms. The first kappa shape index (κ1) is 15.9. The van der Waals surface area contributed by atoms with Gasteiger partial charge < -0.3 is 10.1 Å². The molecule has 0 heterocycles. The molecule has 0 aliphatic rings. The van der Waals surface area contributed by atoms with Gasteiger partial charge in [0.2, 0.25) is 0 Å². The van der Waals surface area contributed by atoms with Gasteiger partial charge in [-0.05, 0) is 26.8 Å². The van der Waals surface area contributed by atoms with E-state index in [-0.39, 0.29) is 0 Å². The van der Waals surface area contributed by atoms with E-state index in [0.29, 0.717) is 12.1 Å². The van der Waals surface area contributed by atoms with E-state index < -0.39 is 0 Å². The minimum Gasteiger partial charge on any atom is -0.377 e. The molecule has 0 aliphatic carbocycles. The largest absolute Gasteiger partial charge is 0.377 e. The summed E-state index contributed by atoms with van der Waals surface area (Å²) >= 11 is 0. The van der Waals surface area contributed by atoms with E-state index in [1.165, 1.54) is 38.5 Å². The first-order chi connectivity index (χ1) is 7.79. The molecule has 0 fully saturated rings. The molecule has 0 amide bonds. The lowest BCUT2D eigenvalue weighted by Crippen LogP contribution is -2.39. The van der Waals surface area contributed by atoms with Crippen molar-refractivity contribution >= 4 is 0 Å². The molecule has 2 unspecified atom stereocenters. The van der Waals surface area contributed by atoms with E-state index in [1.807, 2.05) is 0 Å². The fourth-order valence-corrected chi connectivity index (χ4v) is 2.22. The summed E-state index contributed by atoms with van der Waals surface area (Å²) in [5.41, 5.74) is 0. The summed E-state index contributed by atoms with van der Waals surface area (Å²) in [4.78, 5) is 0. The van der Waals surface area contributed by atoms with Gasteiger partial charge in [-0.25, -0.2) is 0 Å². The van der Waals surface area contributed by atoms with Crippen LogP contribution in [0.4, 0.5) is 0 Å². The van der Waals surface area contributed by atoms with Crippen LogP contribution in [0, 0.1) is 0 Å². The van der Waals surface area contributed by atoms with Crippen molar-refractivity contribution < 1.29 is 4.74 Å². The molecule has 0 saturated carbocycles. The monoisotopic (exact) mass is 229 g/mol. The second kappa shape index (κ2) is 11.4. The van der Waals surface area contributed by atoms with Gasteiger partial charge in [0.15, 0.2) is 0 Å². The lowest BCUT2D eigenvalue weighted by atomic mass is 10.0. The number of nitrogens with one attached hydrogen (secondary N) is 1. The average molecular weight is 229 g/mol. The van der Waals surface area contributed by atoms with Gasteiger partial charge in [-0.1, -0.05) is 46.0 Å². The van der Waals surface area contributed by atoms with Gasteiger partial charge in [0.05, 0.1) is 6.10 Å². The highest BCUT2D eigenvalue weighted by Crippen LogP contribution is 2.13. The molecule has 0 aliphatic heterocycles. The number of hydrogen-bond donors (Lipinski definition) is 1. The van der Waals surface area contributed by atoms with Crippen LogP contribution in [-0.2, 0) is 4.74 Å². The van der Waals surface area contributed by atoms with Gasteiger partial charge >= 0.3 is 0 Å². The van der Waals surface area contributed by atoms with Crippen molar-refractivity contribution in [1.82, 2.24) is 5.32 Å². The molecular weight excluding hydrogens is 198 g/mol. The van der Waals surface area contributed by atoms with E-state index >= 15 is 0 Å². The van der Waals surface area contributed by atoms with Crippen LogP contribution in [0.15, 0.2) is 0 Å². The van der Waals surface area contributed by atoms with Crippen molar-refractivity contribution in [2.24, 2.45) is 0 Å². The van der Waals surface area contributed by atoms with Crippen LogP contribution in [0.3, 0.4) is 0 Å². The van der Waals surface area contributed by atoms with Gasteiger partial charge in [0.1, 0.15) is 0 Å². The standard InChI is InChI=1S/C14H31NO/c1-5-8-9-10-11-12-13(15-4)14(6-2)16-7-3/h13-15H,5-12H2,1-4H3. The number of ether oxygens (including phenoxy) is 1. The van der Waals surface area contributed by atoms with Crippen LogP contribution in [0.2, 0.25) is 0 Å². The van der Waals surface area contributed by atoms with Crippen molar-refractivity contribution in [1.29, 1.82) is 0 Å². The molecule has 1 N–H and O–H groups in total. The summed E-state index contributed by atoms with van der Waals surface area (Å²) in [6.07, 6.45) is 9.54. The van der Waals surface area contributed by atoms with Crippen LogP contribution in [-0.4, -0.2) is 25.8 Å². The maximum absolute atomic E-state index is 5.76. The second-order valence-electron chi connectivity index (χ2n) is 4.50. The molecule has 0 bridgehead atoms. The van der Waals surface area contributed by atoms with Crippen LogP contribution in [0.1, 0.15) is 65.7 Å². The molecular formula is C14H31NO. The summed E-state index contributed by atoms with van der Waals surface area (Å²) < 4.78 is 5.76. The summed E-state index contributed by atoms with van der Waals surface area (Å²) in [6, 6.07) is 0.534. The Morgan fingerprint density at radius 3 is 2.19 bits per heavy atom. The van der Waals surface area contributed by atoms with Crippen molar-refractivity contribution in [3.8, 4) is 0 Å². The number of unbranched alkanes of at least 4 members (excludes halogenated alkanes) is 4. The second-order valence-corrected chi connectivity index (χ2v) is 4.50. The van der Waals surface area contributed by atoms with Crippen molar-refractivity contribution in [2.45, 2.75) is 77.9 Å². The highest BCUT2D eigenvalue weighted by molar-refractivity contribution is 4.74. The number of likely N-dealkylation sites (N-methyl/N-ethyl adjacent to an activating group) is 1. The zero-order chi connectivity index (χ0) is 12.2. The first-order valence-corrected chi connectivity index (χ1v) is 7.08. The van der Waals surface area contributed by atoms with E-state index in [1.54, 1.807) is 0 Å². The molecule has 2 nitrogen and oxygen atoms in total. The third-order valence-electron chi connectivity index (χ3n) is 3.22. The summed E-state index contributed by atoms with van der Waals surface area (Å²) in [7, 11) is 2.05. The summed E-state index contributed by atoms with van der Waals surface area (Å²) in [5.74, 6) is 0. The predicted molar refractivity (Wildman–Crippen MR) is 71.9 cm³/mol. The van der Waals surface area contributed by atoms with Crippen molar-refractivity contribution in [2.75, 3.05) is 13.7 Å². The smallest absolute Gasteiger partial charge is 0.0725 e. The highest BCUT2D eigenvalue weighted by atomic mass is 16.5. The van der Waals surface area contributed by atoms with Crippen LogP contribution >= 0.6 is 0 Å². The Bertz CT molecular complexity index is 139. The van der Waals surface area contributed by atoms with Crippen molar-refractivity contribution in [3.63, 3.8) is 0 Å². The Morgan fingerprint density at radius 2 is 1.69 bits per heavy atom. The summed E-state index contributed by atoms with van der Waals surface area (Å²) in [5, 5.41) is 3.40. The maximum atomic E-state index is 5.76.